The highest BCUT2D eigenvalue weighted by atomic mass is 15.2. The number of pyridine rings is 1. The topological polar surface area (TPSA) is 53.9 Å². The van der Waals surface area contributed by atoms with E-state index in [1.54, 1.807) is 6.20 Å². The largest absolute Gasteiger partial charge is 0.364 e. The zero-order valence-corrected chi connectivity index (χ0v) is 12.4. The van der Waals surface area contributed by atoms with Crippen molar-refractivity contribution in [2.45, 2.75) is 32.7 Å². The van der Waals surface area contributed by atoms with E-state index in [0.717, 1.165) is 36.2 Å². The predicted octanol–water partition coefficient (Wildman–Crippen LogP) is 2.78. The smallest absolute Gasteiger partial charge is 0.134 e. The zero-order valence-electron chi connectivity index (χ0n) is 12.4. The molecule has 0 unspecified atom stereocenters. The van der Waals surface area contributed by atoms with E-state index >= 15 is 0 Å². The van der Waals surface area contributed by atoms with Gasteiger partial charge >= 0.3 is 0 Å². The molecule has 0 atom stereocenters. The molecule has 0 saturated carbocycles. The Morgan fingerprint density at radius 2 is 2.00 bits per heavy atom. The van der Waals surface area contributed by atoms with Gasteiger partial charge in [-0.3, -0.25) is 4.98 Å². The van der Waals surface area contributed by atoms with Gasteiger partial charge in [-0.1, -0.05) is 6.07 Å². The molecule has 5 heteroatoms. The maximum Gasteiger partial charge on any atom is 0.134 e. The molecule has 3 heterocycles. The van der Waals surface area contributed by atoms with Crippen molar-refractivity contribution in [2.24, 2.45) is 0 Å². The van der Waals surface area contributed by atoms with E-state index in [0.29, 0.717) is 6.54 Å². The number of nitrogens with one attached hydrogen (secondary N) is 1. The monoisotopic (exact) mass is 283 g/mol. The van der Waals surface area contributed by atoms with E-state index < -0.39 is 0 Å². The Balaban J connectivity index is 1.71. The molecule has 1 fully saturated rings. The number of nitrogens with zero attached hydrogens (tertiary/aromatic N) is 4. The van der Waals surface area contributed by atoms with Crippen molar-refractivity contribution in [1.82, 2.24) is 15.0 Å². The van der Waals surface area contributed by atoms with E-state index in [1.807, 2.05) is 31.2 Å². The fraction of sp³-hybridized carbons (Fsp3) is 0.438. The SMILES string of the molecule is Cc1nc(NCc2ccccn2)cc(N2CCCCC2)n1. The van der Waals surface area contributed by atoms with Crippen molar-refractivity contribution in [3.63, 3.8) is 0 Å². The molecule has 1 aliphatic heterocycles. The van der Waals surface area contributed by atoms with Gasteiger partial charge in [0.15, 0.2) is 0 Å². The Hall–Kier alpha value is -2.17. The first-order valence-electron chi connectivity index (χ1n) is 7.56. The van der Waals surface area contributed by atoms with Gasteiger partial charge in [0.1, 0.15) is 17.5 Å². The van der Waals surface area contributed by atoms with E-state index in [1.165, 1.54) is 19.3 Å². The van der Waals surface area contributed by atoms with Gasteiger partial charge in [-0.25, -0.2) is 9.97 Å². The molecule has 1 aliphatic rings. The molecule has 1 saturated heterocycles. The Labute approximate surface area is 125 Å². The molecule has 110 valence electrons. The predicted molar refractivity (Wildman–Crippen MR) is 84.4 cm³/mol. The highest BCUT2D eigenvalue weighted by Crippen LogP contribution is 2.20. The number of hydrogen-bond donors (Lipinski definition) is 1. The first kappa shape index (κ1) is 13.8. The summed E-state index contributed by atoms with van der Waals surface area (Å²) in [4.78, 5) is 15.7. The number of anilines is 2. The van der Waals surface area contributed by atoms with Gasteiger partial charge < -0.3 is 10.2 Å². The Bertz CT molecular complexity index is 578. The van der Waals surface area contributed by atoms with Gasteiger partial charge in [0.05, 0.1) is 12.2 Å². The Kier molecular flexibility index (Phi) is 4.28. The van der Waals surface area contributed by atoms with Crippen LogP contribution in [0.15, 0.2) is 30.5 Å². The van der Waals surface area contributed by atoms with Crippen molar-refractivity contribution in [1.29, 1.82) is 0 Å². The molecular formula is C16H21N5. The molecule has 0 aromatic carbocycles. The van der Waals surface area contributed by atoms with Crippen molar-refractivity contribution in [3.8, 4) is 0 Å². The van der Waals surface area contributed by atoms with E-state index in [4.69, 9.17) is 0 Å². The number of aryl methyl sites for hydroxylation is 1. The standard InChI is InChI=1S/C16H21N5/c1-13-19-15(18-12-14-7-3-4-8-17-14)11-16(20-13)21-9-5-2-6-10-21/h3-4,7-8,11H,2,5-6,9-10,12H2,1H3,(H,18,19,20). The van der Waals surface area contributed by atoms with Gasteiger partial charge in [0.2, 0.25) is 0 Å². The second-order valence-electron chi connectivity index (χ2n) is 5.38. The third-order valence-corrected chi connectivity index (χ3v) is 3.68. The highest BCUT2D eigenvalue weighted by Gasteiger charge is 2.13. The number of rotatable bonds is 4. The molecule has 2 aromatic rings. The summed E-state index contributed by atoms with van der Waals surface area (Å²) in [6, 6.07) is 7.97. The van der Waals surface area contributed by atoms with Crippen molar-refractivity contribution >= 4 is 11.6 Å². The lowest BCUT2D eigenvalue weighted by Crippen LogP contribution is -2.30. The minimum Gasteiger partial charge on any atom is -0.364 e. The molecular weight excluding hydrogens is 262 g/mol. The summed E-state index contributed by atoms with van der Waals surface area (Å²) in [5, 5.41) is 3.34. The number of piperidine rings is 1. The van der Waals surface area contributed by atoms with E-state index in [9.17, 15) is 0 Å². The van der Waals surface area contributed by atoms with Crippen molar-refractivity contribution in [3.05, 3.63) is 42.0 Å². The summed E-state index contributed by atoms with van der Waals surface area (Å²) >= 11 is 0. The summed E-state index contributed by atoms with van der Waals surface area (Å²) in [6.45, 7) is 4.81. The van der Waals surface area contributed by atoms with E-state index in [-0.39, 0.29) is 0 Å². The lowest BCUT2D eigenvalue weighted by molar-refractivity contribution is 0.572. The average molecular weight is 283 g/mol. The van der Waals surface area contributed by atoms with Crippen LogP contribution < -0.4 is 10.2 Å². The first-order valence-corrected chi connectivity index (χ1v) is 7.56. The first-order chi connectivity index (χ1) is 10.3. The normalized spacial score (nSPS) is 15.0. The van der Waals surface area contributed by atoms with Crippen LogP contribution in [0.2, 0.25) is 0 Å². The van der Waals surface area contributed by atoms with Crippen LogP contribution in [0.5, 0.6) is 0 Å². The minimum atomic E-state index is 0.677. The minimum absolute atomic E-state index is 0.677. The Morgan fingerprint density at radius 3 is 2.76 bits per heavy atom. The van der Waals surface area contributed by atoms with Crippen LogP contribution in [-0.2, 0) is 6.54 Å². The third-order valence-electron chi connectivity index (χ3n) is 3.68. The second-order valence-corrected chi connectivity index (χ2v) is 5.38. The lowest BCUT2D eigenvalue weighted by Gasteiger charge is -2.28. The Morgan fingerprint density at radius 1 is 1.14 bits per heavy atom. The van der Waals surface area contributed by atoms with Crippen LogP contribution >= 0.6 is 0 Å². The van der Waals surface area contributed by atoms with Gasteiger partial charge in [-0.05, 0) is 38.3 Å². The third kappa shape index (κ3) is 3.68. The summed E-state index contributed by atoms with van der Waals surface area (Å²) in [5.74, 6) is 2.71. The molecule has 21 heavy (non-hydrogen) atoms. The maximum atomic E-state index is 4.57. The molecule has 3 rings (SSSR count). The van der Waals surface area contributed by atoms with Crippen LogP contribution in [0.25, 0.3) is 0 Å². The summed E-state index contributed by atoms with van der Waals surface area (Å²) in [5.41, 5.74) is 1.01. The molecule has 0 bridgehead atoms. The summed E-state index contributed by atoms with van der Waals surface area (Å²) in [7, 11) is 0. The molecule has 2 aromatic heterocycles. The molecule has 0 radical (unpaired) electrons. The summed E-state index contributed by atoms with van der Waals surface area (Å²) in [6.07, 6.45) is 5.63. The van der Waals surface area contributed by atoms with Crippen LogP contribution in [0.3, 0.4) is 0 Å². The van der Waals surface area contributed by atoms with Gasteiger partial charge in [0.25, 0.3) is 0 Å². The van der Waals surface area contributed by atoms with Crippen LogP contribution in [-0.4, -0.2) is 28.0 Å². The fourth-order valence-electron chi connectivity index (χ4n) is 2.61. The molecule has 1 N–H and O–H groups in total. The van der Waals surface area contributed by atoms with Crippen LogP contribution in [0.4, 0.5) is 11.6 Å². The second kappa shape index (κ2) is 6.52. The molecule has 0 spiro atoms. The fourth-order valence-corrected chi connectivity index (χ4v) is 2.61. The zero-order chi connectivity index (χ0) is 14.5. The van der Waals surface area contributed by atoms with Crippen LogP contribution in [0.1, 0.15) is 30.8 Å². The quantitative estimate of drug-likeness (QED) is 0.935. The van der Waals surface area contributed by atoms with Gasteiger partial charge in [-0.2, -0.15) is 0 Å². The molecule has 0 aliphatic carbocycles. The highest BCUT2D eigenvalue weighted by molar-refractivity contribution is 5.49. The number of aromatic nitrogens is 3. The molecule has 0 amide bonds. The van der Waals surface area contributed by atoms with Crippen molar-refractivity contribution < 1.29 is 0 Å². The average Bonchev–Trinajstić information content (AvgIpc) is 2.54. The summed E-state index contributed by atoms with van der Waals surface area (Å²) < 4.78 is 0. The lowest BCUT2D eigenvalue weighted by atomic mass is 10.1. The van der Waals surface area contributed by atoms with Gasteiger partial charge in [-0.15, -0.1) is 0 Å². The van der Waals surface area contributed by atoms with E-state index in [2.05, 4.69) is 25.2 Å². The van der Waals surface area contributed by atoms with Crippen molar-refractivity contribution in [2.75, 3.05) is 23.3 Å². The van der Waals surface area contributed by atoms with Crippen LogP contribution in [0, 0.1) is 6.92 Å². The molecule has 5 nitrogen and oxygen atoms in total. The maximum absolute atomic E-state index is 4.57. The number of hydrogen-bond acceptors (Lipinski definition) is 5. The van der Waals surface area contributed by atoms with Gasteiger partial charge in [0, 0.05) is 25.4 Å².